The highest BCUT2D eigenvalue weighted by Gasteiger charge is 2.51. The molecular weight excluding hydrogens is 648 g/mol. The quantitative estimate of drug-likeness (QED) is 0.190. The van der Waals surface area contributed by atoms with E-state index in [-0.39, 0.29) is 46.9 Å². The van der Waals surface area contributed by atoms with E-state index in [9.17, 15) is 10.1 Å². The summed E-state index contributed by atoms with van der Waals surface area (Å²) in [6, 6.07) is 14.0. The average Bonchev–Trinajstić information content (AvgIpc) is 3.61. The van der Waals surface area contributed by atoms with Crippen LogP contribution in [0.4, 0.5) is 4.39 Å². The Balaban J connectivity index is 1.30. The van der Waals surface area contributed by atoms with Gasteiger partial charge in [-0.3, -0.25) is 9.48 Å². The standard InChI is InChI=1S/C37H34Cl2FN7O/c1-19-25-16-30(29-15-23(46-12-4-11-43-46)18-45(29)37(48)20-8-9-20)47(35-22-14-28(35)42-17-22)36(25)26-13-21(5-3-10-41)31(33(40)34(26)44-19)24-6-2-7-27(38)32(24)39/h2,4,6-7,11-13,16,20,22-23,28-29,35,42H,3,5,8-9,14-15,17-18H2,1H3. The SMILES string of the molecule is Cc1nc2c(F)c(-c3cccc(Cl)c3Cl)c(CCC#N)cc2c2c1cc(C1CC(n3cccn3)CN1C(=O)C1CC1)n2C1C2CNC1C2. The number of aryl methyl sites for hydroxylation is 2. The molecule has 48 heavy (non-hydrogen) atoms. The third-order valence-electron chi connectivity index (χ3n) is 11.2. The lowest BCUT2D eigenvalue weighted by Crippen LogP contribution is -2.41. The van der Waals surface area contributed by atoms with Crippen molar-refractivity contribution in [2.45, 2.75) is 69.6 Å². The van der Waals surface area contributed by atoms with Crippen LogP contribution in [0, 0.1) is 35.9 Å². The van der Waals surface area contributed by atoms with Crippen LogP contribution in [0.15, 0.2) is 48.8 Å². The van der Waals surface area contributed by atoms with Crippen LogP contribution in [0.1, 0.15) is 67.2 Å². The zero-order valence-electron chi connectivity index (χ0n) is 26.5. The summed E-state index contributed by atoms with van der Waals surface area (Å²) in [4.78, 5) is 20.9. The first-order valence-electron chi connectivity index (χ1n) is 16.8. The third-order valence-corrected chi connectivity index (χ3v) is 12.0. The lowest BCUT2D eigenvalue weighted by molar-refractivity contribution is -0.133. The van der Waals surface area contributed by atoms with Crippen LogP contribution < -0.4 is 5.32 Å². The molecule has 5 aliphatic rings. The van der Waals surface area contributed by atoms with E-state index in [0.29, 0.717) is 52.0 Å². The predicted molar refractivity (Wildman–Crippen MR) is 183 cm³/mol. The molecule has 1 N–H and O–H groups in total. The number of benzene rings is 2. The zero-order valence-corrected chi connectivity index (χ0v) is 28.0. The van der Waals surface area contributed by atoms with E-state index in [1.165, 1.54) is 0 Å². The topological polar surface area (TPSA) is 91.8 Å². The molecule has 11 heteroatoms. The zero-order chi connectivity index (χ0) is 32.8. The second-order valence-corrected chi connectivity index (χ2v) is 14.7. The van der Waals surface area contributed by atoms with Crippen molar-refractivity contribution in [3.05, 3.63) is 81.6 Å². The Bertz CT molecular complexity index is 2150. The third kappa shape index (κ3) is 4.53. The number of halogens is 3. The summed E-state index contributed by atoms with van der Waals surface area (Å²) in [5.41, 5.74) is 4.52. The largest absolute Gasteiger partial charge is 0.337 e. The van der Waals surface area contributed by atoms with Crippen molar-refractivity contribution in [2.75, 3.05) is 13.1 Å². The highest BCUT2D eigenvalue weighted by atomic mass is 35.5. The van der Waals surface area contributed by atoms with Crippen LogP contribution in [-0.2, 0) is 11.2 Å². The number of nitrogens with one attached hydrogen (secondary N) is 1. The molecule has 6 heterocycles. The number of carbonyl (C=O) groups is 1. The van der Waals surface area contributed by atoms with Crippen molar-refractivity contribution in [3.63, 3.8) is 0 Å². The van der Waals surface area contributed by atoms with Gasteiger partial charge in [0.25, 0.3) is 0 Å². The minimum Gasteiger partial charge on any atom is -0.337 e. The van der Waals surface area contributed by atoms with Crippen LogP contribution >= 0.6 is 23.2 Å². The molecule has 10 rings (SSSR count). The molecule has 2 aliphatic carbocycles. The van der Waals surface area contributed by atoms with Crippen LogP contribution in [-0.4, -0.2) is 49.3 Å². The molecule has 5 unspecified atom stereocenters. The predicted octanol–water partition coefficient (Wildman–Crippen LogP) is 7.72. The van der Waals surface area contributed by atoms with Gasteiger partial charge in [-0.2, -0.15) is 10.4 Å². The van der Waals surface area contributed by atoms with E-state index < -0.39 is 5.82 Å². The Labute approximate surface area is 287 Å². The summed E-state index contributed by atoms with van der Waals surface area (Å²) < 4.78 is 21.5. The lowest BCUT2D eigenvalue weighted by atomic mass is 9.79. The molecule has 5 atom stereocenters. The van der Waals surface area contributed by atoms with Gasteiger partial charge in [0.15, 0.2) is 5.82 Å². The van der Waals surface area contributed by atoms with Gasteiger partial charge < -0.3 is 14.8 Å². The van der Waals surface area contributed by atoms with Crippen molar-refractivity contribution in [3.8, 4) is 17.2 Å². The van der Waals surface area contributed by atoms with Gasteiger partial charge in [0.05, 0.1) is 39.8 Å². The van der Waals surface area contributed by atoms with Crippen molar-refractivity contribution >= 4 is 50.9 Å². The number of aromatic nitrogens is 4. The number of pyridine rings is 1. The van der Waals surface area contributed by atoms with Gasteiger partial charge in [-0.15, -0.1) is 0 Å². The van der Waals surface area contributed by atoms with Crippen molar-refractivity contribution in [1.29, 1.82) is 5.26 Å². The Morgan fingerprint density at radius 2 is 2.02 bits per heavy atom. The fraction of sp³-hybridized carbons (Fsp3) is 0.405. The minimum atomic E-state index is -0.469. The molecule has 5 fully saturated rings. The van der Waals surface area contributed by atoms with E-state index in [4.69, 9.17) is 28.2 Å². The van der Waals surface area contributed by atoms with Gasteiger partial charge >= 0.3 is 0 Å². The first-order valence-corrected chi connectivity index (χ1v) is 17.6. The molecule has 3 aliphatic heterocycles. The summed E-state index contributed by atoms with van der Waals surface area (Å²) >= 11 is 13.1. The van der Waals surface area contributed by atoms with E-state index >= 15 is 4.39 Å². The highest BCUT2D eigenvalue weighted by Crippen LogP contribution is 2.52. The molecule has 8 nitrogen and oxygen atoms in total. The first kappa shape index (κ1) is 30.1. The van der Waals surface area contributed by atoms with E-state index in [1.807, 2.05) is 29.9 Å². The lowest BCUT2D eigenvalue weighted by Gasteiger charge is -2.39. The molecule has 2 saturated carbocycles. The molecule has 0 spiro atoms. The average molecular weight is 683 g/mol. The van der Waals surface area contributed by atoms with Gasteiger partial charge in [0.1, 0.15) is 5.52 Å². The molecule has 0 radical (unpaired) electrons. The normalized spacial score (nSPS) is 24.8. The monoisotopic (exact) mass is 681 g/mol. The Kier molecular flexibility index (Phi) is 7.09. The number of nitrogens with zero attached hydrogens (tertiary/aromatic N) is 6. The number of likely N-dealkylation sites (tertiary alicyclic amines) is 1. The molecule has 2 bridgehead atoms. The number of carbonyl (C=O) groups excluding carboxylic acids is 1. The number of fused-ring (bicyclic) bond motifs is 4. The summed E-state index contributed by atoms with van der Waals surface area (Å²) in [6.45, 7) is 3.47. The first-order chi connectivity index (χ1) is 23.3. The van der Waals surface area contributed by atoms with E-state index in [1.54, 1.807) is 24.4 Å². The van der Waals surface area contributed by atoms with Gasteiger partial charge in [-0.25, -0.2) is 9.37 Å². The van der Waals surface area contributed by atoms with Crippen LogP contribution in [0.5, 0.6) is 0 Å². The second kappa shape index (κ2) is 11.3. The van der Waals surface area contributed by atoms with Crippen LogP contribution in [0.2, 0.25) is 10.0 Å². The number of nitriles is 1. The van der Waals surface area contributed by atoms with Gasteiger partial charge in [-0.1, -0.05) is 35.3 Å². The smallest absolute Gasteiger partial charge is 0.226 e. The minimum absolute atomic E-state index is 0.0615. The fourth-order valence-corrected chi connectivity index (χ4v) is 9.08. The summed E-state index contributed by atoms with van der Waals surface area (Å²) in [7, 11) is 0. The van der Waals surface area contributed by atoms with Crippen LogP contribution in [0.3, 0.4) is 0 Å². The fourth-order valence-electron chi connectivity index (χ4n) is 8.69. The summed E-state index contributed by atoms with van der Waals surface area (Å²) in [6.07, 6.45) is 8.05. The maximum Gasteiger partial charge on any atom is 0.226 e. The van der Waals surface area contributed by atoms with Crippen molar-refractivity contribution in [2.24, 2.45) is 11.8 Å². The molecule has 1 amide bonds. The van der Waals surface area contributed by atoms with Gasteiger partial charge in [-0.05, 0) is 74.8 Å². The van der Waals surface area contributed by atoms with E-state index in [0.717, 1.165) is 54.5 Å². The maximum absolute atomic E-state index is 17.1. The Morgan fingerprint density at radius 3 is 2.73 bits per heavy atom. The highest BCUT2D eigenvalue weighted by molar-refractivity contribution is 6.43. The van der Waals surface area contributed by atoms with Gasteiger partial charge in [0, 0.05) is 77.2 Å². The van der Waals surface area contributed by atoms with Gasteiger partial charge in [0.2, 0.25) is 5.91 Å². The van der Waals surface area contributed by atoms with E-state index in [2.05, 4.69) is 32.0 Å². The molecule has 2 aromatic carbocycles. The number of hydrogen-bond acceptors (Lipinski definition) is 5. The molecule has 3 aromatic heterocycles. The summed E-state index contributed by atoms with van der Waals surface area (Å²) in [5, 5.41) is 20.1. The molecular formula is C37H34Cl2FN7O. The number of rotatable bonds is 7. The summed E-state index contributed by atoms with van der Waals surface area (Å²) in [5.74, 6) is 0.273. The Hall–Kier alpha value is -3.97. The van der Waals surface area contributed by atoms with Crippen LogP contribution in [0.25, 0.3) is 32.9 Å². The molecule has 244 valence electrons. The second-order valence-electron chi connectivity index (χ2n) is 13.9. The maximum atomic E-state index is 17.1. The Morgan fingerprint density at radius 1 is 1.17 bits per heavy atom. The molecule has 5 aromatic rings. The molecule has 3 saturated heterocycles. The van der Waals surface area contributed by atoms with Crippen molar-refractivity contribution < 1.29 is 9.18 Å². The van der Waals surface area contributed by atoms with Crippen molar-refractivity contribution in [1.82, 2.24) is 29.5 Å². The number of amides is 1. The number of hydrogen-bond donors (Lipinski definition) is 1.